The third kappa shape index (κ3) is 8.76. The molecule has 0 saturated heterocycles. The Hall–Kier alpha value is -3.24. The van der Waals surface area contributed by atoms with Crippen molar-refractivity contribution in [3.8, 4) is 28.1 Å². The minimum Gasteiger partial charge on any atom is -0.488 e. The van der Waals surface area contributed by atoms with Gasteiger partial charge in [0.05, 0.1) is 18.0 Å². The zero-order valence-electron chi connectivity index (χ0n) is 21.6. The third-order valence-corrected chi connectivity index (χ3v) is 6.03. The summed E-state index contributed by atoms with van der Waals surface area (Å²) in [6.45, 7) is 9.29. The lowest BCUT2D eigenvalue weighted by Gasteiger charge is -2.12. The van der Waals surface area contributed by atoms with Crippen molar-refractivity contribution in [3.05, 3.63) is 90.9 Å². The van der Waals surface area contributed by atoms with E-state index in [0.717, 1.165) is 54.7 Å². The number of hydrogen-bond donors (Lipinski definition) is 0. The van der Waals surface area contributed by atoms with Crippen LogP contribution in [0.15, 0.2) is 79.5 Å². The molecule has 0 aliphatic carbocycles. The maximum atomic E-state index is 14.9. The van der Waals surface area contributed by atoms with Gasteiger partial charge in [-0.05, 0) is 61.9 Å². The maximum absolute atomic E-state index is 14.9. The van der Waals surface area contributed by atoms with Gasteiger partial charge in [-0.25, -0.2) is 4.39 Å². The molecule has 1 heterocycles. The summed E-state index contributed by atoms with van der Waals surface area (Å²) in [6, 6.07) is 17.0. The lowest BCUT2D eigenvalue weighted by molar-refractivity contribution is 0.0566. The summed E-state index contributed by atoms with van der Waals surface area (Å²) in [5, 5.41) is 0. The molecule has 3 nitrogen and oxygen atoms in total. The van der Waals surface area contributed by atoms with Crippen molar-refractivity contribution in [3.63, 3.8) is 0 Å². The molecule has 0 fully saturated rings. The minimum absolute atomic E-state index is 0.221. The number of rotatable bonds is 15. The van der Waals surface area contributed by atoms with Crippen molar-refractivity contribution in [1.82, 2.24) is 4.98 Å². The van der Waals surface area contributed by atoms with Gasteiger partial charge in [-0.1, -0.05) is 81.0 Å². The molecule has 0 amide bonds. The van der Waals surface area contributed by atoms with Gasteiger partial charge < -0.3 is 9.47 Å². The Balaban J connectivity index is 1.51. The van der Waals surface area contributed by atoms with Crippen LogP contribution in [0.25, 0.3) is 28.5 Å². The third-order valence-electron chi connectivity index (χ3n) is 6.03. The first-order valence-corrected chi connectivity index (χ1v) is 13.0. The summed E-state index contributed by atoms with van der Waals surface area (Å²) in [4.78, 5) is 4.46. The quantitative estimate of drug-likeness (QED) is 0.158. The predicted molar refractivity (Wildman–Crippen MR) is 149 cm³/mol. The van der Waals surface area contributed by atoms with E-state index in [-0.39, 0.29) is 5.82 Å². The summed E-state index contributed by atoms with van der Waals surface area (Å²) < 4.78 is 26.2. The maximum Gasteiger partial charge on any atom is 0.138 e. The average molecular weight is 488 g/mol. The number of hydrogen-bond acceptors (Lipinski definition) is 3. The Morgan fingerprint density at radius 2 is 1.81 bits per heavy atom. The van der Waals surface area contributed by atoms with Crippen molar-refractivity contribution in [2.24, 2.45) is 0 Å². The molecular formula is C32H38FNO2. The SMILES string of the molecule is C=CCOc1ccc(-c2ccc(-c3ccc(/C=C/CCCC(C)OCCCCC)cc3F)cc2)nc1. The van der Waals surface area contributed by atoms with Gasteiger partial charge in [0.2, 0.25) is 0 Å². The summed E-state index contributed by atoms with van der Waals surface area (Å²) in [7, 11) is 0. The topological polar surface area (TPSA) is 31.4 Å². The standard InChI is InChI=1S/C32H38FNO2/c1-4-6-10-22-35-25(3)11-8-7-9-12-26-13-19-30(31(33)23-26)27-14-16-28(17-15-27)32-20-18-29(24-34-32)36-21-5-2/h5,9,12-20,23-25H,2,4,6-8,10-11,21-22H2,1,3H3/b12-9+. The van der Waals surface area contributed by atoms with Crippen LogP contribution in [0.4, 0.5) is 4.39 Å². The first-order valence-electron chi connectivity index (χ1n) is 13.0. The number of halogens is 1. The van der Waals surface area contributed by atoms with Crippen LogP contribution >= 0.6 is 0 Å². The second-order valence-electron chi connectivity index (χ2n) is 9.02. The number of nitrogens with zero attached hydrogens (tertiary/aromatic N) is 1. The zero-order valence-corrected chi connectivity index (χ0v) is 21.6. The number of benzene rings is 2. The van der Waals surface area contributed by atoms with Crippen LogP contribution in [0.1, 0.15) is 57.9 Å². The number of ether oxygens (including phenoxy) is 2. The van der Waals surface area contributed by atoms with Crippen molar-refractivity contribution in [2.75, 3.05) is 13.2 Å². The van der Waals surface area contributed by atoms with E-state index in [0.29, 0.717) is 24.0 Å². The molecule has 36 heavy (non-hydrogen) atoms. The minimum atomic E-state index is -0.221. The van der Waals surface area contributed by atoms with Gasteiger partial charge in [-0.3, -0.25) is 4.98 Å². The van der Waals surface area contributed by atoms with E-state index in [9.17, 15) is 4.39 Å². The van der Waals surface area contributed by atoms with Crippen LogP contribution in [-0.2, 0) is 4.74 Å². The monoisotopic (exact) mass is 487 g/mol. The summed E-state index contributed by atoms with van der Waals surface area (Å²) in [5.41, 5.74) is 4.11. The fourth-order valence-corrected chi connectivity index (χ4v) is 3.94. The van der Waals surface area contributed by atoms with Gasteiger partial charge in [0.15, 0.2) is 0 Å². The first kappa shape index (κ1) is 27.3. The smallest absolute Gasteiger partial charge is 0.138 e. The van der Waals surface area contributed by atoms with Crippen molar-refractivity contribution >= 4 is 6.08 Å². The Morgan fingerprint density at radius 1 is 1.00 bits per heavy atom. The van der Waals surface area contributed by atoms with E-state index in [4.69, 9.17) is 9.47 Å². The largest absolute Gasteiger partial charge is 0.488 e. The summed E-state index contributed by atoms with van der Waals surface area (Å²) >= 11 is 0. The Bertz CT molecular complexity index is 1090. The van der Waals surface area contributed by atoms with Crippen molar-refractivity contribution < 1.29 is 13.9 Å². The molecule has 190 valence electrons. The van der Waals surface area contributed by atoms with Gasteiger partial charge in [-0.2, -0.15) is 0 Å². The van der Waals surface area contributed by atoms with E-state index in [1.54, 1.807) is 18.3 Å². The van der Waals surface area contributed by atoms with Crippen LogP contribution in [0.2, 0.25) is 0 Å². The highest BCUT2D eigenvalue weighted by atomic mass is 19.1. The van der Waals surface area contributed by atoms with Gasteiger partial charge in [0.25, 0.3) is 0 Å². The normalized spacial score (nSPS) is 12.1. The molecule has 0 aliphatic heterocycles. The highest BCUT2D eigenvalue weighted by Crippen LogP contribution is 2.27. The highest BCUT2D eigenvalue weighted by molar-refractivity contribution is 5.70. The van der Waals surface area contributed by atoms with Gasteiger partial charge in [0, 0.05) is 17.7 Å². The molecule has 0 N–H and O–H groups in total. The van der Waals surface area contributed by atoms with Crippen LogP contribution in [0.5, 0.6) is 5.75 Å². The fraction of sp³-hybridized carbons (Fsp3) is 0.344. The summed E-state index contributed by atoms with van der Waals surface area (Å²) in [5.74, 6) is 0.480. The zero-order chi connectivity index (χ0) is 25.6. The Kier molecular flexibility index (Phi) is 11.4. The van der Waals surface area contributed by atoms with Gasteiger partial charge in [-0.15, -0.1) is 0 Å². The van der Waals surface area contributed by atoms with E-state index in [1.165, 1.54) is 12.8 Å². The van der Waals surface area contributed by atoms with E-state index >= 15 is 0 Å². The van der Waals surface area contributed by atoms with Gasteiger partial charge >= 0.3 is 0 Å². The molecule has 0 saturated carbocycles. The van der Waals surface area contributed by atoms with Crippen LogP contribution < -0.4 is 4.74 Å². The molecule has 3 rings (SSSR count). The molecule has 0 bridgehead atoms. The fourth-order valence-electron chi connectivity index (χ4n) is 3.94. The Labute approximate surface area is 215 Å². The van der Waals surface area contributed by atoms with E-state index < -0.39 is 0 Å². The second kappa shape index (κ2) is 15.0. The van der Waals surface area contributed by atoms with Crippen LogP contribution in [-0.4, -0.2) is 24.3 Å². The van der Waals surface area contributed by atoms with Crippen molar-refractivity contribution in [1.29, 1.82) is 0 Å². The van der Waals surface area contributed by atoms with Gasteiger partial charge in [0.1, 0.15) is 18.2 Å². The van der Waals surface area contributed by atoms with E-state index in [1.807, 2.05) is 54.6 Å². The molecule has 4 heteroatoms. The van der Waals surface area contributed by atoms with Crippen LogP contribution in [0, 0.1) is 5.82 Å². The molecule has 3 aromatic rings. The first-order chi connectivity index (χ1) is 17.6. The predicted octanol–water partition coefficient (Wildman–Crippen LogP) is 8.90. The Morgan fingerprint density at radius 3 is 2.50 bits per heavy atom. The number of pyridine rings is 1. The molecule has 0 spiro atoms. The molecule has 0 radical (unpaired) electrons. The molecular weight excluding hydrogens is 449 g/mol. The molecule has 0 aliphatic rings. The second-order valence-corrected chi connectivity index (χ2v) is 9.02. The number of allylic oxidation sites excluding steroid dienone is 1. The number of aromatic nitrogens is 1. The molecule has 2 aromatic carbocycles. The lowest BCUT2D eigenvalue weighted by atomic mass is 10.0. The average Bonchev–Trinajstić information content (AvgIpc) is 2.90. The van der Waals surface area contributed by atoms with Crippen LogP contribution in [0.3, 0.4) is 0 Å². The molecule has 1 unspecified atom stereocenters. The van der Waals surface area contributed by atoms with Crippen molar-refractivity contribution in [2.45, 2.75) is 58.5 Å². The van der Waals surface area contributed by atoms with E-state index in [2.05, 4.69) is 31.5 Å². The molecule has 1 aromatic heterocycles. The number of unbranched alkanes of at least 4 members (excludes halogenated alkanes) is 3. The molecule has 1 atom stereocenters. The lowest BCUT2D eigenvalue weighted by Crippen LogP contribution is -2.08. The summed E-state index contributed by atoms with van der Waals surface area (Å²) in [6.07, 6.45) is 14.5. The highest BCUT2D eigenvalue weighted by Gasteiger charge is 2.07.